The molecule has 2 heterocycles. The summed E-state index contributed by atoms with van der Waals surface area (Å²) in [6, 6.07) is 26.6. The third kappa shape index (κ3) is 7.29. The molecule has 8 heteroatoms. The summed E-state index contributed by atoms with van der Waals surface area (Å²) in [5, 5.41) is 0.526. The van der Waals surface area contributed by atoms with E-state index in [1.54, 1.807) is 29.4 Å². The highest BCUT2D eigenvalue weighted by molar-refractivity contribution is 7.98. The van der Waals surface area contributed by atoms with Gasteiger partial charge in [-0.15, -0.1) is 0 Å². The number of benzene rings is 3. The second-order valence-electron chi connectivity index (χ2n) is 11.9. The van der Waals surface area contributed by atoms with Crippen molar-refractivity contribution < 1.29 is 9.18 Å². The van der Waals surface area contributed by atoms with Crippen molar-refractivity contribution >= 4 is 17.7 Å². The quantitative estimate of drug-likeness (QED) is 0.112. The van der Waals surface area contributed by atoms with Gasteiger partial charge in [-0.2, -0.15) is 4.98 Å². The Morgan fingerprint density at radius 1 is 0.935 bits per heavy atom. The van der Waals surface area contributed by atoms with Crippen molar-refractivity contribution in [3.8, 4) is 11.1 Å². The first-order chi connectivity index (χ1) is 22.4. The molecular formula is C38H37FN4O2S. The predicted molar refractivity (Wildman–Crippen MR) is 181 cm³/mol. The summed E-state index contributed by atoms with van der Waals surface area (Å²) in [5.41, 5.74) is 7.93. The standard InChI is InChI=1S/C38H37FN4O2S/c1-26-8-15-30(16-9-26)31-17-10-27(11-18-31)14-21-35(37(45)42(2)24-29-5-4-22-40-23-29)43-34-7-3-6-33(34)36(44)41-38(43)46-25-28-12-19-32(39)20-13-28/h4-5,8-13,15-20,22-23,35H,3,6-7,14,21,24-25H2,1-2H3. The molecule has 0 fully saturated rings. The fraction of sp³-hybridized carbons (Fsp3) is 0.263. The zero-order valence-electron chi connectivity index (χ0n) is 26.2. The first-order valence-corrected chi connectivity index (χ1v) is 16.7. The molecular weight excluding hydrogens is 596 g/mol. The number of likely N-dealkylation sites (N-methyl/N-ethyl adjacent to an activating group) is 1. The number of amides is 1. The van der Waals surface area contributed by atoms with Crippen LogP contribution in [0.5, 0.6) is 0 Å². The van der Waals surface area contributed by atoms with Crippen LogP contribution < -0.4 is 5.56 Å². The minimum atomic E-state index is -0.561. The molecule has 6 rings (SSSR count). The number of aromatic nitrogens is 3. The number of rotatable bonds is 11. The summed E-state index contributed by atoms with van der Waals surface area (Å²) in [6.07, 6.45) is 6.95. The van der Waals surface area contributed by atoms with Crippen molar-refractivity contribution in [2.75, 3.05) is 7.05 Å². The third-order valence-corrected chi connectivity index (χ3v) is 9.61. The summed E-state index contributed by atoms with van der Waals surface area (Å²) in [5.74, 6) is 0.164. The van der Waals surface area contributed by atoms with Crippen LogP contribution in [0, 0.1) is 12.7 Å². The van der Waals surface area contributed by atoms with Crippen LogP contribution in [0.1, 0.15) is 52.4 Å². The van der Waals surface area contributed by atoms with Crippen LogP contribution in [0.15, 0.2) is 107 Å². The lowest BCUT2D eigenvalue weighted by Gasteiger charge is -2.29. The van der Waals surface area contributed by atoms with E-state index in [1.165, 1.54) is 35.0 Å². The first kappa shape index (κ1) is 31.4. The number of pyridine rings is 1. The van der Waals surface area contributed by atoms with Crippen molar-refractivity contribution in [3.63, 3.8) is 0 Å². The lowest BCUT2D eigenvalue weighted by Crippen LogP contribution is -2.37. The van der Waals surface area contributed by atoms with E-state index in [2.05, 4.69) is 65.4 Å². The van der Waals surface area contributed by atoms with Gasteiger partial charge >= 0.3 is 0 Å². The Kier molecular flexibility index (Phi) is 9.73. The summed E-state index contributed by atoms with van der Waals surface area (Å²) in [6.45, 7) is 2.50. The van der Waals surface area contributed by atoms with Gasteiger partial charge in [0.2, 0.25) is 5.91 Å². The zero-order chi connectivity index (χ0) is 32.0. The van der Waals surface area contributed by atoms with Crippen LogP contribution in [-0.4, -0.2) is 32.4 Å². The minimum Gasteiger partial charge on any atom is -0.340 e. The number of carbonyl (C=O) groups excluding carboxylic acids is 1. The lowest BCUT2D eigenvalue weighted by atomic mass is 9.99. The molecule has 0 N–H and O–H groups in total. The van der Waals surface area contributed by atoms with Crippen molar-refractivity contribution in [2.24, 2.45) is 0 Å². The Morgan fingerprint density at radius 2 is 1.63 bits per heavy atom. The number of aryl methyl sites for hydroxylation is 2. The number of fused-ring (bicyclic) bond motifs is 1. The van der Waals surface area contributed by atoms with Crippen molar-refractivity contribution in [2.45, 2.75) is 62.5 Å². The first-order valence-electron chi connectivity index (χ1n) is 15.7. The topological polar surface area (TPSA) is 68.1 Å². The molecule has 0 saturated carbocycles. The fourth-order valence-corrected chi connectivity index (χ4v) is 7.09. The van der Waals surface area contributed by atoms with Crippen LogP contribution in [0.4, 0.5) is 4.39 Å². The summed E-state index contributed by atoms with van der Waals surface area (Å²) < 4.78 is 15.6. The minimum absolute atomic E-state index is 0.0386. The van der Waals surface area contributed by atoms with E-state index < -0.39 is 6.04 Å². The fourth-order valence-electron chi connectivity index (χ4n) is 6.07. The predicted octanol–water partition coefficient (Wildman–Crippen LogP) is 7.37. The van der Waals surface area contributed by atoms with Crippen molar-refractivity contribution in [1.29, 1.82) is 0 Å². The highest BCUT2D eigenvalue weighted by Crippen LogP contribution is 2.33. The second kappa shape index (κ2) is 14.3. The smallest absolute Gasteiger partial charge is 0.277 e. The highest BCUT2D eigenvalue weighted by Gasteiger charge is 2.31. The van der Waals surface area contributed by atoms with E-state index in [9.17, 15) is 14.0 Å². The molecule has 1 unspecified atom stereocenters. The second-order valence-corrected chi connectivity index (χ2v) is 12.9. The Labute approximate surface area is 273 Å². The molecule has 0 bridgehead atoms. The van der Waals surface area contributed by atoms with Gasteiger partial charge in [0.15, 0.2) is 5.16 Å². The van der Waals surface area contributed by atoms with E-state index in [-0.39, 0.29) is 17.3 Å². The van der Waals surface area contributed by atoms with E-state index in [1.807, 2.05) is 23.7 Å². The van der Waals surface area contributed by atoms with E-state index in [0.29, 0.717) is 42.3 Å². The van der Waals surface area contributed by atoms with Crippen LogP contribution in [0.2, 0.25) is 0 Å². The van der Waals surface area contributed by atoms with Crippen molar-refractivity contribution in [3.05, 3.63) is 147 Å². The molecule has 0 aliphatic heterocycles. The normalized spacial score (nSPS) is 12.9. The highest BCUT2D eigenvalue weighted by atomic mass is 32.2. The van der Waals surface area contributed by atoms with Gasteiger partial charge in [-0.1, -0.05) is 84.1 Å². The van der Waals surface area contributed by atoms with Gasteiger partial charge in [0.05, 0.1) is 0 Å². The molecule has 1 atom stereocenters. The number of carbonyl (C=O) groups is 1. The number of hydrogen-bond donors (Lipinski definition) is 0. The maximum absolute atomic E-state index is 14.4. The summed E-state index contributed by atoms with van der Waals surface area (Å²) in [7, 11) is 1.82. The molecule has 46 heavy (non-hydrogen) atoms. The summed E-state index contributed by atoms with van der Waals surface area (Å²) >= 11 is 1.42. The number of hydrogen-bond acceptors (Lipinski definition) is 5. The van der Waals surface area contributed by atoms with Crippen LogP contribution in [-0.2, 0) is 36.4 Å². The monoisotopic (exact) mass is 632 g/mol. The molecule has 5 aromatic rings. The van der Waals surface area contributed by atoms with Gasteiger partial charge in [0.1, 0.15) is 11.9 Å². The molecule has 6 nitrogen and oxygen atoms in total. The Morgan fingerprint density at radius 3 is 2.33 bits per heavy atom. The maximum atomic E-state index is 14.4. The third-order valence-electron chi connectivity index (χ3n) is 8.58. The van der Waals surface area contributed by atoms with Gasteiger partial charge in [0, 0.05) is 43.0 Å². The maximum Gasteiger partial charge on any atom is 0.277 e. The number of nitrogens with zero attached hydrogens (tertiary/aromatic N) is 4. The van der Waals surface area contributed by atoms with Gasteiger partial charge in [-0.25, -0.2) is 4.39 Å². The van der Waals surface area contributed by atoms with Crippen molar-refractivity contribution in [1.82, 2.24) is 19.4 Å². The van der Waals surface area contributed by atoms with Gasteiger partial charge in [-0.3, -0.25) is 14.6 Å². The van der Waals surface area contributed by atoms with E-state index in [0.717, 1.165) is 40.8 Å². The molecule has 234 valence electrons. The zero-order valence-corrected chi connectivity index (χ0v) is 27.0. The van der Waals surface area contributed by atoms with E-state index in [4.69, 9.17) is 0 Å². The molecule has 1 aliphatic carbocycles. The van der Waals surface area contributed by atoms with E-state index >= 15 is 0 Å². The van der Waals surface area contributed by atoms with Crippen LogP contribution >= 0.6 is 11.8 Å². The van der Waals surface area contributed by atoms with Crippen LogP contribution in [0.3, 0.4) is 0 Å². The Balaban J connectivity index is 1.33. The summed E-state index contributed by atoms with van der Waals surface area (Å²) in [4.78, 5) is 38.1. The molecule has 1 aliphatic rings. The largest absolute Gasteiger partial charge is 0.340 e. The molecule has 0 radical (unpaired) electrons. The van der Waals surface area contributed by atoms with Gasteiger partial charge in [0.25, 0.3) is 5.56 Å². The molecule has 2 aromatic heterocycles. The number of thioether (sulfide) groups is 1. The Bertz CT molecular complexity index is 1860. The van der Waals surface area contributed by atoms with Crippen LogP contribution in [0.25, 0.3) is 11.1 Å². The Hall–Kier alpha value is -4.56. The SMILES string of the molecule is Cc1ccc(-c2ccc(CCC(C(=O)N(C)Cc3cccnc3)n3c(SCc4ccc(F)cc4)nc(=O)c4c3CCC4)cc2)cc1. The molecule has 0 spiro atoms. The number of halogens is 1. The van der Waals surface area contributed by atoms with Gasteiger partial charge in [-0.05, 0) is 85.0 Å². The molecule has 0 saturated heterocycles. The van der Waals surface area contributed by atoms with Gasteiger partial charge < -0.3 is 9.47 Å². The molecule has 3 aromatic carbocycles. The average Bonchev–Trinajstić information content (AvgIpc) is 3.57. The molecule has 1 amide bonds. The average molecular weight is 633 g/mol. The lowest BCUT2D eigenvalue weighted by molar-refractivity contribution is -0.134.